The van der Waals surface area contributed by atoms with Gasteiger partial charge in [0.15, 0.2) is 13.2 Å². The molecule has 128 valence electrons. The van der Waals surface area contributed by atoms with E-state index in [0.29, 0.717) is 5.82 Å². The normalized spacial score (nSPS) is 10.4. The third-order valence-corrected chi connectivity index (χ3v) is 4.06. The number of benzene rings is 1. The molecule has 3 rings (SSSR count). The number of nitrogens with zero attached hydrogens (tertiary/aromatic N) is 5. The Morgan fingerprint density at radius 1 is 1.24 bits per heavy atom. The summed E-state index contributed by atoms with van der Waals surface area (Å²) in [5.41, 5.74) is 1.56. The first kappa shape index (κ1) is 16.8. The maximum atomic E-state index is 12.1. The fourth-order valence-corrected chi connectivity index (χ4v) is 2.65. The topological polar surface area (TPSA) is 90.2 Å². The molecular weight excluding hydrogens is 342 g/mol. The highest BCUT2D eigenvalue weighted by atomic mass is 32.1. The van der Waals surface area contributed by atoms with Crippen LogP contribution in [0.2, 0.25) is 0 Å². The molecule has 9 heteroatoms. The van der Waals surface area contributed by atoms with Gasteiger partial charge in [-0.05, 0) is 28.8 Å². The van der Waals surface area contributed by atoms with Crippen LogP contribution in [0.5, 0.6) is 0 Å². The number of tetrazole rings is 1. The van der Waals surface area contributed by atoms with Gasteiger partial charge < -0.3 is 9.64 Å². The maximum absolute atomic E-state index is 12.1. The summed E-state index contributed by atoms with van der Waals surface area (Å²) in [5, 5.41) is 15.6. The van der Waals surface area contributed by atoms with E-state index in [1.807, 2.05) is 35.0 Å². The summed E-state index contributed by atoms with van der Waals surface area (Å²) in [4.78, 5) is 26.5. The molecule has 1 amide bonds. The number of rotatable bonds is 6. The van der Waals surface area contributed by atoms with Gasteiger partial charge in [0.25, 0.3) is 5.91 Å². The zero-order valence-corrected chi connectivity index (χ0v) is 14.2. The smallest absolute Gasteiger partial charge is 0.330 e. The molecule has 25 heavy (non-hydrogen) atoms. The molecule has 0 spiro atoms. The lowest BCUT2D eigenvalue weighted by Gasteiger charge is -2.16. The van der Waals surface area contributed by atoms with Gasteiger partial charge in [-0.25, -0.2) is 4.79 Å². The third kappa shape index (κ3) is 4.27. The van der Waals surface area contributed by atoms with Crippen LogP contribution in [0.3, 0.4) is 0 Å². The van der Waals surface area contributed by atoms with Crippen LogP contribution in [0.25, 0.3) is 11.4 Å². The molecule has 0 saturated carbocycles. The standard InChI is InChI=1S/C16H15N5O3S/c1-20(13-5-3-2-4-6-13)14(22)10-24-15(23)9-21-18-16(17-19-21)12-7-8-25-11-12/h2-8,11H,9-10H2,1H3. The highest BCUT2D eigenvalue weighted by molar-refractivity contribution is 7.08. The molecule has 0 aliphatic heterocycles. The minimum absolute atomic E-state index is 0.209. The van der Waals surface area contributed by atoms with Gasteiger partial charge in [0.2, 0.25) is 5.82 Å². The van der Waals surface area contributed by atoms with E-state index in [4.69, 9.17) is 4.74 Å². The van der Waals surface area contributed by atoms with E-state index in [2.05, 4.69) is 15.4 Å². The summed E-state index contributed by atoms with van der Waals surface area (Å²) >= 11 is 1.52. The minimum atomic E-state index is -0.607. The summed E-state index contributed by atoms with van der Waals surface area (Å²) in [7, 11) is 1.62. The minimum Gasteiger partial charge on any atom is -0.454 e. The summed E-state index contributed by atoms with van der Waals surface area (Å²) < 4.78 is 4.99. The molecular formula is C16H15N5O3S. The summed E-state index contributed by atoms with van der Waals surface area (Å²) in [6, 6.07) is 11.0. The number of aromatic nitrogens is 4. The number of carbonyl (C=O) groups excluding carboxylic acids is 2. The highest BCUT2D eigenvalue weighted by Crippen LogP contribution is 2.16. The molecule has 3 aromatic rings. The molecule has 1 aromatic carbocycles. The summed E-state index contributed by atoms with van der Waals surface area (Å²) in [6.07, 6.45) is 0. The number of anilines is 1. The first-order valence-corrected chi connectivity index (χ1v) is 8.35. The van der Waals surface area contributed by atoms with Crippen LogP contribution in [0.4, 0.5) is 5.69 Å². The number of hydrogen-bond donors (Lipinski definition) is 0. The van der Waals surface area contributed by atoms with Crippen molar-refractivity contribution < 1.29 is 14.3 Å². The van der Waals surface area contributed by atoms with Gasteiger partial charge in [-0.15, -0.1) is 10.2 Å². The molecule has 0 radical (unpaired) electrons. The predicted octanol–water partition coefficient (Wildman–Crippen LogP) is 1.61. The van der Waals surface area contributed by atoms with Crippen LogP contribution in [0.15, 0.2) is 47.2 Å². The fourth-order valence-electron chi connectivity index (χ4n) is 2.01. The third-order valence-electron chi connectivity index (χ3n) is 3.38. The van der Waals surface area contributed by atoms with Crippen molar-refractivity contribution in [1.29, 1.82) is 0 Å². The maximum Gasteiger partial charge on any atom is 0.330 e. The molecule has 0 unspecified atom stereocenters. The molecule has 2 heterocycles. The molecule has 0 aliphatic rings. The summed E-state index contributed by atoms with van der Waals surface area (Å²) in [6.45, 7) is -0.560. The van der Waals surface area contributed by atoms with E-state index in [0.717, 1.165) is 16.0 Å². The lowest BCUT2D eigenvalue weighted by Crippen LogP contribution is -2.31. The zero-order valence-electron chi connectivity index (χ0n) is 13.4. The first-order chi connectivity index (χ1) is 12.1. The Morgan fingerprint density at radius 3 is 2.76 bits per heavy atom. The number of ether oxygens (including phenoxy) is 1. The van der Waals surface area contributed by atoms with Crippen molar-refractivity contribution in [1.82, 2.24) is 20.2 Å². The van der Waals surface area contributed by atoms with Crippen molar-refractivity contribution >= 4 is 28.9 Å². The number of amides is 1. The van der Waals surface area contributed by atoms with Crippen LogP contribution in [-0.2, 0) is 20.9 Å². The van der Waals surface area contributed by atoms with Crippen molar-refractivity contribution in [3.63, 3.8) is 0 Å². The monoisotopic (exact) mass is 357 g/mol. The number of para-hydroxylation sites is 1. The summed E-state index contributed by atoms with van der Waals surface area (Å²) in [5.74, 6) is -0.497. The Morgan fingerprint density at radius 2 is 2.04 bits per heavy atom. The van der Waals surface area contributed by atoms with Crippen LogP contribution >= 0.6 is 11.3 Å². The van der Waals surface area contributed by atoms with E-state index in [9.17, 15) is 9.59 Å². The predicted molar refractivity (Wildman–Crippen MR) is 91.9 cm³/mol. The van der Waals surface area contributed by atoms with E-state index in [1.165, 1.54) is 16.2 Å². The number of thiophene rings is 1. The largest absolute Gasteiger partial charge is 0.454 e. The highest BCUT2D eigenvalue weighted by Gasteiger charge is 2.15. The Bertz CT molecular complexity index is 848. The first-order valence-electron chi connectivity index (χ1n) is 7.41. The average Bonchev–Trinajstić information content (AvgIpc) is 3.31. The molecule has 0 N–H and O–H groups in total. The van der Waals surface area contributed by atoms with Gasteiger partial charge in [-0.3, -0.25) is 4.79 Å². The molecule has 0 saturated heterocycles. The Hall–Kier alpha value is -3.07. The van der Waals surface area contributed by atoms with Crippen LogP contribution in [-0.4, -0.2) is 45.7 Å². The molecule has 0 bridgehead atoms. The lowest BCUT2D eigenvalue weighted by atomic mass is 10.3. The molecule has 0 aliphatic carbocycles. The number of carbonyl (C=O) groups is 2. The molecule has 2 aromatic heterocycles. The van der Waals surface area contributed by atoms with Gasteiger partial charge in [-0.2, -0.15) is 16.1 Å². The Kier molecular flexibility index (Phi) is 5.14. The number of likely N-dealkylation sites (N-methyl/N-ethyl adjacent to an activating group) is 1. The van der Waals surface area contributed by atoms with Crippen molar-refractivity contribution in [3.05, 3.63) is 47.2 Å². The number of esters is 1. The molecule has 8 nitrogen and oxygen atoms in total. The average molecular weight is 357 g/mol. The quantitative estimate of drug-likeness (QED) is 0.623. The van der Waals surface area contributed by atoms with Crippen LogP contribution in [0.1, 0.15) is 0 Å². The Balaban J connectivity index is 1.50. The number of hydrogen-bond acceptors (Lipinski definition) is 7. The van der Waals surface area contributed by atoms with Gasteiger partial charge in [0, 0.05) is 23.7 Å². The van der Waals surface area contributed by atoms with Gasteiger partial charge in [0.05, 0.1) is 0 Å². The lowest BCUT2D eigenvalue weighted by molar-refractivity contribution is -0.148. The van der Waals surface area contributed by atoms with Crippen molar-refractivity contribution in [3.8, 4) is 11.4 Å². The second-order valence-corrected chi connectivity index (χ2v) is 5.88. The molecule has 0 fully saturated rings. The van der Waals surface area contributed by atoms with Gasteiger partial charge in [0.1, 0.15) is 0 Å². The SMILES string of the molecule is CN(C(=O)COC(=O)Cn1nnc(-c2ccsc2)n1)c1ccccc1. The van der Waals surface area contributed by atoms with Gasteiger partial charge >= 0.3 is 5.97 Å². The van der Waals surface area contributed by atoms with E-state index in [-0.39, 0.29) is 19.1 Å². The Labute approximate surface area is 147 Å². The van der Waals surface area contributed by atoms with E-state index in [1.54, 1.807) is 19.2 Å². The van der Waals surface area contributed by atoms with E-state index < -0.39 is 5.97 Å². The van der Waals surface area contributed by atoms with Crippen molar-refractivity contribution in [2.24, 2.45) is 0 Å². The second kappa shape index (κ2) is 7.67. The fraction of sp³-hybridized carbons (Fsp3) is 0.188. The second-order valence-electron chi connectivity index (χ2n) is 5.10. The van der Waals surface area contributed by atoms with Crippen molar-refractivity contribution in [2.45, 2.75) is 6.54 Å². The van der Waals surface area contributed by atoms with Crippen molar-refractivity contribution in [2.75, 3.05) is 18.6 Å². The van der Waals surface area contributed by atoms with Crippen LogP contribution < -0.4 is 4.90 Å². The zero-order chi connectivity index (χ0) is 17.6. The van der Waals surface area contributed by atoms with Gasteiger partial charge in [-0.1, -0.05) is 18.2 Å². The van der Waals surface area contributed by atoms with Crippen LogP contribution in [0, 0.1) is 0 Å². The molecule has 0 atom stereocenters. The van der Waals surface area contributed by atoms with E-state index >= 15 is 0 Å².